The van der Waals surface area contributed by atoms with Crippen molar-refractivity contribution < 1.29 is 22.7 Å². The monoisotopic (exact) mass is 407 g/mol. The number of nitrogens with zero attached hydrogens (tertiary/aromatic N) is 2. The van der Waals surface area contributed by atoms with Gasteiger partial charge >= 0.3 is 6.36 Å². The van der Waals surface area contributed by atoms with E-state index in [0.717, 1.165) is 37.4 Å². The van der Waals surface area contributed by atoms with E-state index in [9.17, 15) is 18.0 Å². The maximum Gasteiger partial charge on any atom is 0.573 e. The molecule has 29 heavy (non-hydrogen) atoms. The van der Waals surface area contributed by atoms with E-state index in [0.29, 0.717) is 12.1 Å². The molecule has 0 saturated carbocycles. The summed E-state index contributed by atoms with van der Waals surface area (Å²) in [4.78, 5) is 16.9. The molecule has 1 saturated heterocycles. The molecule has 0 radical (unpaired) electrons. The fraction of sp³-hybridized carbons (Fsp3) is 0.381. The number of likely N-dealkylation sites (N-methyl/N-ethyl adjacent to an activating group) is 1. The number of anilines is 1. The predicted octanol–water partition coefficient (Wildman–Crippen LogP) is 3.20. The SMILES string of the molecule is CN1CCN(c2ccccc2CNC(=O)Cc2ccc(OC(F)(F)F)cc2)CC1. The molecule has 2 aromatic carbocycles. The fourth-order valence-corrected chi connectivity index (χ4v) is 3.27. The quantitative estimate of drug-likeness (QED) is 0.799. The molecule has 0 unspecified atom stereocenters. The van der Waals surface area contributed by atoms with Gasteiger partial charge in [-0.15, -0.1) is 13.2 Å². The number of carbonyl (C=O) groups is 1. The molecule has 1 amide bonds. The summed E-state index contributed by atoms with van der Waals surface area (Å²) in [6.45, 7) is 4.27. The number of rotatable bonds is 6. The van der Waals surface area contributed by atoms with Crippen molar-refractivity contribution in [3.05, 3.63) is 59.7 Å². The Hall–Kier alpha value is -2.74. The molecule has 1 N–H and O–H groups in total. The lowest BCUT2D eigenvalue weighted by Gasteiger charge is -2.35. The zero-order chi connectivity index (χ0) is 20.9. The molecule has 2 aromatic rings. The van der Waals surface area contributed by atoms with Gasteiger partial charge in [-0.3, -0.25) is 4.79 Å². The summed E-state index contributed by atoms with van der Waals surface area (Å²) in [6, 6.07) is 13.3. The average Bonchev–Trinajstić information content (AvgIpc) is 2.68. The number of hydrogen-bond acceptors (Lipinski definition) is 4. The van der Waals surface area contributed by atoms with E-state index in [1.54, 1.807) is 0 Å². The van der Waals surface area contributed by atoms with Gasteiger partial charge in [-0.05, 0) is 36.4 Å². The average molecular weight is 407 g/mol. The number of nitrogens with one attached hydrogen (secondary N) is 1. The first-order valence-corrected chi connectivity index (χ1v) is 9.43. The van der Waals surface area contributed by atoms with Crippen molar-refractivity contribution in [1.29, 1.82) is 0 Å². The minimum atomic E-state index is -4.73. The van der Waals surface area contributed by atoms with Crippen LogP contribution in [-0.2, 0) is 17.8 Å². The summed E-state index contributed by atoms with van der Waals surface area (Å²) in [5.41, 5.74) is 2.78. The molecule has 5 nitrogen and oxygen atoms in total. The molecule has 0 aliphatic carbocycles. The molecule has 1 aliphatic heterocycles. The molecule has 0 atom stereocenters. The molecular weight excluding hydrogens is 383 g/mol. The van der Waals surface area contributed by atoms with Crippen LogP contribution in [0, 0.1) is 0 Å². The van der Waals surface area contributed by atoms with E-state index in [1.807, 2.05) is 18.2 Å². The lowest BCUT2D eigenvalue weighted by atomic mass is 10.1. The number of piperazine rings is 1. The van der Waals surface area contributed by atoms with Crippen LogP contribution in [0.4, 0.5) is 18.9 Å². The summed E-state index contributed by atoms with van der Waals surface area (Å²) in [7, 11) is 2.10. The van der Waals surface area contributed by atoms with Crippen LogP contribution in [-0.4, -0.2) is 50.4 Å². The number of benzene rings is 2. The number of hydrogen-bond donors (Lipinski definition) is 1. The second-order valence-corrected chi connectivity index (χ2v) is 7.06. The van der Waals surface area contributed by atoms with Crippen molar-refractivity contribution >= 4 is 11.6 Å². The van der Waals surface area contributed by atoms with Gasteiger partial charge in [-0.2, -0.15) is 0 Å². The van der Waals surface area contributed by atoms with Gasteiger partial charge in [0, 0.05) is 38.4 Å². The normalized spacial score (nSPS) is 15.2. The van der Waals surface area contributed by atoms with Gasteiger partial charge in [-0.1, -0.05) is 30.3 Å². The second kappa shape index (κ2) is 9.17. The first kappa shape index (κ1) is 21.0. The molecular formula is C21H24F3N3O2. The van der Waals surface area contributed by atoms with Gasteiger partial charge in [-0.25, -0.2) is 0 Å². The van der Waals surface area contributed by atoms with Gasteiger partial charge in [0.05, 0.1) is 6.42 Å². The largest absolute Gasteiger partial charge is 0.573 e. The minimum absolute atomic E-state index is 0.0863. The smallest absolute Gasteiger partial charge is 0.406 e. The van der Waals surface area contributed by atoms with Gasteiger partial charge in [0.2, 0.25) is 5.91 Å². The molecule has 3 rings (SSSR count). The Morgan fingerprint density at radius 2 is 1.69 bits per heavy atom. The minimum Gasteiger partial charge on any atom is -0.406 e. The second-order valence-electron chi connectivity index (χ2n) is 7.06. The van der Waals surface area contributed by atoms with Gasteiger partial charge < -0.3 is 19.9 Å². The lowest BCUT2D eigenvalue weighted by molar-refractivity contribution is -0.274. The molecule has 0 aromatic heterocycles. The van der Waals surface area contributed by atoms with Crippen LogP contribution in [0.5, 0.6) is 5.75 Å². The highest BCUT2D eigenvalue weighted by molar-refractivity contribution is 5.78. The lowest BCUT2D eigenvalue weighted by Crippen LogP contribution is -2.45. The Bertz CT molecular complexity index is 817. The Balaban J connectivity index is 1.55. The predicted molar refractivity (Wildman–Crippen MR) is 105 cm³/mol. The van der Waals surface area contributed by atoms with Crippen LogP contribution in [0.25, 0.3) is 0 Å². The molecule has 1 heterocycles. The van der Waals surface area contributed by atoms with E-state index in [1.165, 1.54) is 24.3 Å². The Morgan fingerprint density at radius 3 is 2.34 bits per heavy atom. The third-order valence-electron chi connectivity index (χ3n) is 4.83. The van der Waals surface area contributed by atoms with Crippen molar-refractivity contribution in [1.82, 2.24) is 10.2 Å². The number of amides is 1. The number of alkyl halides is 3. The van der Waals surface area contributed by atoms with E-state index in [2.05, 4.69) is 33.0 Å². The number of carbonyl (C=O) groups excluding carboxylic acids is 1. The summed E-state index contributed by atoms with van der Waals surface area (Å²) in [5.74, 6) is -0.495. The Morgan fingerprint density at radius 1 is 1.03 bits per heavy atom. The zero-order valence-corrected chi connectivity index (χ0v) is 16.2. The number of halogens is 3. The van der Waals surface area contributed by atoms with Crippen LogP contribution < -0.4 is 15.0 Å². The van der Waals surface area contributed by atoms with Crippen molar-refractivity contribution in [3.8, 4) is 5.75 Å². The van der Waals surface area contributed by atoms with Crippen LogP contribution in [0.1, 0.15) is 11.1 Å². The molecule has 8 heteroatoms. The van der Waals surface area contributed by atoms with Gasteiger partial charge in [0.15, 0.2) is 0 Å². The van der Waals surface area contributed by atoms with Crippen molar-refractivity contribution in [2.45, 2.75) is 19.3 Å². The van der Waals surface area contributed by atoms with Crippen LogP contribution in [0.2, 0.25) is 0 Å². The standard InChI is InChI=1S/C21H24F3N3O2/c1-26-10-12-27(13-11-26)19-5-3-2-4-17(19)15-25-20(28)14-16-6-8-18(9-7-16)29-21(22,23)24/h2-9H,10-15H2,1H3,(H,25,28). The third kappa shape index (κ3) is 6.39. The van der Waals surface area contributed by atoms with Crippen molar-refractivity contribution in [2.75, 3.05) is 38.1 Å². The topological polar surface area (TPSA) is 44.8 Å². The number of para-hydroxylation sites is 1. The molecule has 0 bridgehead atoms. The number of ether oxygens (including phenoxy) is 1. The fourth-order valence-electron chi connectivity index (χ4n) is 3.27. The summed E-state index contributed by atoms with van der Waals surface area (Å²) >= 11 is 0. The Kier molecular flexibility index (Phi) is 6.64. The third-order valence-corrected chi connectivity index (χ3v) is 4.83. The molecule has 0 spiro atoms. The first-order valence-electron chi connectivity index (χ1n) is 9.43. The van der Waals surface area contributed by atoms with E-state index >= 15 is 0 Å². The highest BCUT2D eigenvalue weighted by Gasteiger charge is 2.31. The molecule has 1 aliphatic rings. The van der Waals surface area contributed by atoms with Crippen LogP contribution in [0.3, 0.4) is 0 Å². The van der Waals surface area contributed by atoms with Crippen LogP contribution >= 0.6 is 0 Å². The summed E-state index contributed by atoms with van der Waals surface area (Å²) < 4.78 is 40.5. The van der Waals surface area contributed by atoms with Crippen molar-refractivity contribution in [2.24, 2.45) is 0 Å². The first-order chi connectivity index (χ1) is 13.8. The highest BCUT2D eigenvalue weighted by Crippen LogP contribution is 2.23. The maximum atomic E-state index is 12.3. The maximum absolute atomic E-state index is 12.3. The highest BCUT2D eigenvalue weighted by atomic mass is 19.4. The van der Waals surface area contributed by atoms with E-state index < -0.39 is 6.36 Å². The zero-order valence-electron chi connectivity index (χ0n) is 16.2. The van der Waals surface area contributed by atoms with E-state index in [-0.39, 0.29) is 18.1 Å². The van der Waals surface area contributed by atoms with Crippen molar-refractivity contribution in [3.63, 3.8) is 0 Å². The van der Waals surface area contributed by atoms with Crippen LogP contribution in [0.15, 0.2) is 48.5 Å². The Labute approximate surface area is 168 Å². The van der Waals surface area contributed by atoms with Gasteiger partial charge in [0.1, 0.15) is 5.75 Å². The summed E-state index contributed by atoms with van der Waals surface area (Å²) in [6.07, 6.45) is -4.64. The molecule has 156 valence electrons. The summed E-state index contributed by atoms with van der Waals surface area (Å²) in [5, 5.41) is 2.90. The van der Waals surface area contributed by atoms with E-state index in [4.69, 9.17) is 0 Å². The van der Waals surface area contributed by atoms with Gasteiger partial charge in [0.25, 0.3) is 0 Å². The molecule has 1 fully saturated rings.